The van der Waals surface area contributed by atoms with Crippen molar-refractivity contribution < 1.29 is 14.3 Å². The van der Waals surface area contributed by atoms with Crippen LogP contribution in [0.3, 0.4) is 0 Å². The molecule has 2 aliphatic rings. The largest absolute Gasteiger partial charge is 0.378 e. The number of anilines is 1. The highest BCUT2D eigenvalue weighted by Gasteiger charge is 2.24. The van der Waals surface area contributed by atoms with Gasteiger partial charge in [0.15, 0.2) is 10.9 Å². The van der Waals surface area contributed by atoms with Gasteiger partial charge in [-0.05, 0) is 51.8 Å². The number of benzene rings is 1. The molecule has 0 aliphatic carbocycles. The minimum atomic E-state index is 0.105. The van der Waals surface area contributed by atoms with Crippen LogP contribution in [0, 0.1) is 20.8 Å². The normalized spacial score (nSPS) is 18.4. The fourth-order valence-electron chi connectivity index (χ4n) is 4.81. The number of aryl methyl sites for hydroxylation is 2. The lowest BCUT2D eigenvalue weighted by molar-refractivity contribution is 0.0957. The van der Waals surface area contributed by atoms with E-state index in [1.807, 2.05) is 13.0 Å². The van der Waals surface area contributed by atoms with Gasteiger partial charge in [-0.3, -0.25) is 9.36 Å². The van der Waals surface area contributed by atoms with Gasteiger partial charge in [-0.1, -0.05) is 29.5 Å². The smallest absolute Gasteiger partial charge is 0.232 e. The van der Waals surface area contributed by atoms with E-state index in [9.17, 15) is 4.79 Å². The predicted molar refractivity (Wildman–Crippen MR) is 137 cm³/mol. The molecule has 0 unspecified atom stereocenters. The molecule has 0 radical (unpaired) electrons. The molecule has 2 saturated heterocycles. The molecule has 3 aromatic rings. The minimum absolute atomic E-state index is 0.105. The van der Waals surface area contributed by atoms with Crippen LogP contribution in [0.25, 0.3) is 5.69 Å². The van der Waals surface area contributed by atoms with Crippen LogP contribution in [-0.2, 0) is 16.0 Å². The molecule has 0 spiro atoms. The van der Waals surface area contributed by atoms with Crippen LogP contribution in [0.5, 0.6) is 0 Å². The quantitative estimate of drug-likeness (QED) is 0.346. The molecule has 2 aromatic heterocycles. The maximum atomic E-state index is 13.3. The number of carbonyl (C=O) groups excluding carboxylic acids is 1. The van der Waals surface area contributed by atoms with Crippen molar-refractivity contribution in [1.82, 2.24) is 19.3 Å². The summed E-state index contributed by atoms with van der Waals surface area (Å²) in [6.07, 6.45) is 2.43. The number of aromatic nitrogens is 4. The van der Waals surface area contributed by atoms with Gasteiger partial charge in [0.2, 0.25) is 5.95 Å². The molecule has 1 atom stereocenters. The SMILES string of the molecule is Cc1ccc(-n2c(SCC(=O)c3cc(C)n(C[C@H]4CCCO4)c3C)nnc2N2CCOCC2)cc1. The number of hydrogen-bond acceptors (Lipinski definition) is 7. The molecule has 0 amide bonds. The van der Waals surface area contributed by atoms with E-state index in [4.69, 9.17) is 9.47 Å². The van der Waals surface area contributed by atoms with E-state index in [1.165, 1.54) is 17.3 Å². The summed E-state index contributed by atoms with van der Waals surface area (Å²) in [5.74, 6) is 1.20. The highest BCUT2D eigenvalue weighted by atomic mass is 32.2. The van der Waals surface area contributed by atoms with E-state index < -0.39 is 0 Å². The van der Waals surface area contributed by atoms with Crippen LogP contribution in [0.4, 0.5) is 5.95 Å². The lowest BCUT2D eigenvalue weighted by Gasteiger charge is -2.27. The monoisotopic (exact) mass is 495 g/mol. The molecular formula is C26H33N5O3S. The molecule has 186 valence electrons. The van der Waals surface area contributed by atoms with E-state index in [-0.39, 0.29) is 11.9 Å². The van der Waals surface area contributed by atoms with E-state index >= 15 is 0 Å². The summed E-state index contributed by atoms with van der Waals surface area (Å²) in [7, 11) is 0. The molecule has 35 heavy (non-hydrogen) atoms. The summed E-state index contributed by atoms with van der Waals surface area (Å²) < 4.78 is 15.6. The Hall–Kier alpha value is -2.62. The summed E-state index contributed by atoms with van der Waals surface area (Å²) in [6, 6.07) is 10.3. The number of thioether (sulfide) groups is 1. The van der Waals surface area contributed by atoms with Gasteiger partial charge >= 0.3 is 0 Å². The van der Waals surface area contributed by atoms with Crippen molar-refractivity contribution in [2.75, 3.05) is 43.6 Å². The first-order valence-electron chi connectivity index (χ1n) is 12.3. The van der Waals surface area contributed by atoms with Crippen molar-refractivity contribution in [2.45, 2.75) is 51.4 Å². The van der Waals surface area contributed by atoms with Gasteiger partial charge in [-0.25, -0.2) is 0 Å². The van der Waals surface area contributed by atoms with Crippen LogP contribution in [0.1, 0.15) is 40.2 Å². The number of Topliss-reactive ketones (excluding diaryl/α,β-unsaturated/α-hetero) is 1. The zero-order chi connectivity index (χ0) is 24.4. The van der Waals surface area contributed by atoms with Crippen molar-refractivity contribution in [3.63, 3.8) is 0 Å². The molecule has 0 N–H and O–H groups in total. The van der Waals surface area contributed by atoms with Crippen LogP contribution in [0.15, 0.2) is 35.5 Å². The van der Waals surface area contributed by atoms with Crippen LogP contribution in [0.2, 0.25) is 0 Å². The Balaban J connectivity index is 1.36. The van der Waals surface area contributed by atoms with Gasteiger partial charge in [0.25, 0.3) is 0 Å². The van der Waals surface area contributed by atoms with Crippen LogP contribution < -0.4 is 4.90 Å². The van der Waals surface area contributed by atoms with Gasteiger partial charge in [0.05, 0.1) is 30.8 Å². The van der Waals surface area contributed by atoms with Crippen molar-refractivity contribution in [1.29, 1.82) is 0 Å². The van der Waals surface area contributed by atoms with Gasteiger partial charge in [0, 0.05) is 43.2 Å². The first kappa shape index (κ1) is 24.1. The summed E-state index contributed by atoms with van der Waals surface area (Å²) >= 11 is 1.44. The Bertz CT molecular complexity index is 1170. The van der Waals surface area contributed by atoms with E-state index in [2.05, 4.69) is 62.3 Å². The zero-order valence-corrected chi connectivity index (χ0v) is 21.5. The molecule has 1 aromatic carbocycles. The lowest BCUT2D eigenvalue weighted by Crippen LogP contribution is -2.37. The third-order valence-corrected chi connectivity index (χ3v) is 7.75. The van der Waals surface area contributed by atoms with Gasteiger partial charge < -0.3 is 18.9 Å². The average molecular weight is 496 g/mol. The van der Waals surface area contributed by atoms with Crippen molar-refractivity contribution in [3.05, 3.63) is 52.8 Å². The Morgan fingerprint density at radius 2 is 1.86 bits per heavy atom. The van der Waals surface area contributed by atoms with Crippen LogP contribution in [-0.4, -0.2) is 69.9 Å². The van der Waals surface area contributed by atoms with Gasteiger partial charge in [-0.15, -0.1) is 10.2 Å². The number of morpholine rings is 1. The second-order valence-corrected chi connectivity index (χ2v) is 10.2. The predicted octanol–water partition coefficient (Wildman–Crippen LogP) is 3.98. The highest BCUT2D eigenvalue weighted by molar-refractivity contribution is 7.99. The molecule has 5 rings (SSSR count). The number of carbonyl (C=O) groups is 1. The van der Waals surface area contributed by atoms with Gasteiger partial charge in [-0.2, -0.15) is 0 Å². The molecule has 9 heteroatoms. The van der Waals surface area contributed by atoms with Crippen LogP contribution >= 0.6 is 11.8 Å². The molecule has 0 saturated carbocycles. The average Bonchev–Trinajstić information content (AvgIpc) is 3.60. The maximum Gasteiger partial charge on any atom is 0.232 e. The number of nitrogens with zero attached hydrogens (tertiary/aromatic N) is 5. The van der Waals surface area contributed by atoms with E-state index in [0.717, 1.165) is 72.8 Å². The second-order valence-electron chi connectivity index (χ2n) is 9.30. The molecule has 8 nitrogen and oxygen atoms in total. The summed E-state index contributed by atoms with van der Waals surface area (Å²) in [5.41, 5.74) is 5.08. The van der Waals surface area contributed by atoms with E-state index in [1.54, 1.807) is 0 Å². The Morgan fingerprint density at radius 1 is 1.09 bits per heavy atom. The van der Waals surface area contributed by atoms with Gasteiger partial charge in [0.1, 0.15) is 0 Å². The summed E-state index contributed by atoms with van der Waals surface area (Å²) in [5, 5.41) is 9.72. The second kappa shape index (κ2) is 10.6. The Kier molecular flexibility index (Phi) is 7.27. The molecule has 0 bridgehead atoms. The van der Waals surface area contributed by atoms with E-state index in [0.29, 0.717) is 19.0 Å². The summed E-state index contributed by atoms with van der Waals surface area (Å²) in [6.45, 7) is 10.7. The highest BCUT2D eigenvalue weighted by Crippen LogP contribution is 2.29. The molecule has 4 heterocycles. The maximum absolute atomic E-state index is 13.3. The number of rotatable bonds is 8. The zero-order valence-electron chi connectivity index (χ0n) is 20.7. The third-order valence-electron chi connectivity index (χ3n) is 6.82. The standard InChI is InChI=1S/C26H33N5O3S/c1-18-6-8-21(9-7-18)31-25(29-10-13-33-14-11-29)27-28-26(31)35-17-24(32)23-15-19(2)30(20(23)3)16-22-5-4-12-34-22/h6-9,15,22H,4-5,10-14,16-17H2,1-3H3/t22-/m1/s1. The number of ether oxygens (including phenoxy) is 2. The van der Waals surface area contributed by atoms with Crippen molar-refractivity contribution in [2.24, 2.45) is 0 Å². The number of hydrogen-bond donors (Lipinski definition) is 0. The minimum Gasteiger partial charge on any atom is -0.378 e. The fourth-order valence-corrected chi connectivity index (χ4v) is 5.64. The van der Waals surface area contributed by atoms with Crippen molar-refractivity contribution >= 4 is 23.5 Å². The molecular weight excluding hydrogens is 462 g/mol. The topological polar surface area (TPSA) is 74.4 Å². The Morgan fingerprint density at radius 3 is 2.57 bits per heavy atom. The lowest BCUT2D eigenvalue weighted by atomic mass is 10.2. The molecule has 2 fully saturated rings. The first-order chi connectivity index (χ1) is 17.0. The Labute approximate surface area is 210 Å². The summed E-state index contributed by atoms with van der Waals surface area (Å²) in [4.78, 5) is 15.5. The molecule has 2 aliphatic heterocycles. The fraction of sp³-hybridized carbons (Fsp3) is 0.500. The third kappa shape index (κ3) is 5.17. The first-order valence-corrected chi connectivity index (χ1v) is 13.3. The van der Waals surface area contributed by atoms with Crippen molar-refractivity contribution in [3.8, 4) is 5.69 Å². The number of ketones is 1.